The molecule has 4 rings (SSSR count). The minimum atomic E-state index is -0.641. The van der Waals surface area contributed by atoms with E-state index in [1.54, 1.807) is 7.11 Å². The molecule has 4 N–H and O–H groups in total. The lowest BCUT2D eigenvalue weighted by molar-refractivity contribution is -0.222. The second kappa shape index (κ2) is 11.4. The van der Waals surface area contributed by atoms with Gasteiger partial charge in [-0.3, -0.25) is 4.79 Å². The molecule has 0 aromatic carbocycles. The first kappa shape index (κ1) is 34.9. The van der Waals surface area contributed by atoms with Gasteiger partial charge >= 0.3 is 5.97 Å². The van der Waals surface area contributed by atoms with Crippen molar-refractivity contribution in [1.29, 1.82) is 0 Å². The molecule has 248 valence electrons. The van der Waals surface area contributed by atoms with E-state index in [9.17, 15) is 15.0 Å². The Bertz CT molecular complexity index is 1080. The monoisotopic (exact) mass is 603 g/mol. The van der Waals surface area contributed by atoms with Gasteiger partial charge in [0.2, 0.25) is 0 Å². The van der Waals surface area contributed by atoms with Crippen LogP contribution in [0, 0.1) is 62.1 Å². The third-order valence-corrected chi connectivity index (χ3v) is 14.6. The fourth-order valence-electron chi connectivity index (χ4n) is 11.1. The fourth-order valence-corrected chi connectivity index (χ4v) is 11.1. The Kier molecular flexibility index (Phi) is 9.24. The van der Waals surface area contributed by atoms with E-state index in [0.717, 1.165) is 32.1 Å². The molecule has 0 aromatic heterocycles. The van der Waals surface area contributed by atoms with Crippen LogP contribution in [0.4, 0.5) is 0 Å². The van der Waals surface area contributed by atoms with Crippen LogP contribution in [-0.2, 0) is 14.3 Å². The predicted octanol–water partition coefficient (Wildman–Crippen LogP) is 7.33. The maximum absolute atomic E-state index is 13.3. The number of aliphatic carboxylic acids is 1. The van der Waals surface area contributed by atoms with E-state index in [1.165, 1.54) is 5.57 Å². The Morgan fingerprint density at radius 3 is 2.21 bits per heavy atom. The van der Waals surface area contributed by atoms with Gasteiger partial charge in [-0.25, -0.2) is 0 Å². The number of hydrogen-bond acceptors (Lipinski definition) is 5. The summed E-state index contributed by atoms with van der Waals surface area (Å²) in [5, 5.41) is 22.3. The van der Waals surface area contributed by atoms with Crippen LogP contribution in [0.1, 0.15) is 115 Å². The summed E-state index contributed by atoms with van der Waals surface area (Å²) in [4.78, 5) is 13.3. The van der Waals surface area contributed by atoms with Gasteiger partial charge in [-0.1, -0.05) is 87.8 Å². The quantitative estimate of drug-likeness (QED) is 0.251. The number of aliphatic hydroxyl groups is 1. The molecule has 0 aliphatic heterocycles. The second-order valence-corrected chi connectivity index (χ2v) is 18.0. The van der Waals surface area contributed by atoms with E-state index in [0.29, 0.717) is 24.9 Å². The van der Waals surface area contributed by atoms with Crippen LogP contribution >= 0.6 is 0 Å². The lowest BCUT2D eigenvalue weighted by Crippen LogP contribution is -2.67. The van der Waals surface area contributed by atoms with Gasteiger partial charge in [-0.05, 0) is 89.3 Å². The smallest absolute Gasteiger partial charge is 0.307 e. The van der Waals surface area contributed by atoms with Crippen LogP contribution in [-0.4, -0.2) is 54.8 Å². The Morgan fingerprint density at radius 2 is 1.70 bits per heavy atom. The van der Waals surface area contributed by atoms with Crippen molar-refractivity contribution < 1.29 is 24.5 Å². The summed E-state index contributed by atoms with van der Waals surface area (Å²) in [7, 11) is 1.77. The lowest BCUT2D eigenvalue weighted by atomic mass is 9.34. The van der Waals surface area contributed by atoms with Crippen molar-refractivity contribution in [2.75, 3.05) is 20.3 Å². The number of fused-ring (bicyclic) bond motifs is 5. The van der Waals surface area contributed by atoms with Crippen LogP contribution in [0.3, 0.4) is 0 Å². The number of ether oxygens (including phenoxy) is 2. The van der Waals surface area contributed by atoms with Gasteiger partial charge in [0.05, 0.1) is 31.3 Å². The van der Waals surface area contributed by atoms with Crippen LogP contribution in [0.5, 0.6) is 0 Å². The van der Waals surface area contributed by atoms with Crippen molar-refractivity contribution in [2.24, 2.45) is 67.8 Å². The van der Waals surface area contributed by atoms with Gasteiger partial charge in [-0.15, -0.1) is 0 Å². The molecule has 0 saturated heterocycles. The second-order valence-electron chi connectivity index (χ2n) is 18.0. The molecule has 3 saturated carbocycles. The van der Waals surface area contributed by atoms with Gasteiger partial charge < -0.3 is 25.4 Å². The molecule has 6 nitrogen and oxygen atoms in total. The standard InChI is InChI=1S/C37H65NO5/c1-22(2)23(3)34(9)17-18-35(10)24-13-14-27-33(7,8)30(43-20-28(38)32(4,5)6)26(42-12)19-37(27,21-39)25(24)15-16-36(35,11)29(34)31(40)41/h15,22-24,26-30,39H,13-14,16-21,38H2,1-12H3,(H,40,41)/t23-,24+,26-,27+,28-,29-,30+,34-,35-,36+,37+/m1/s1. The molecule has 0 aromatic rings. The minimum absolute atomic E-state index is 0.0554. The van der Waals surface area contributed by atoms with Crippen LogP contribution in [0.25, 0.3) is 0 Å². The summed E-state index contributed by atoms with van der Waals surface area (Å²) >= 11 is 0. The number of nitrogens with two attached hydrogens (primary N) is 1. The Hall–Kier alpha value is -0.950. The van der Waals surface area contributed by atoms with E-state index in [2.05, 4.69) is 82.2 Å². The summed E-state index contributed by atoms with van der Waals surface area (Å²) in [6.45, 7) is 25.3. The zero-order valence-electron chi connectivity index (χ0n) is 29.5. The molecule has 0 radical (unpaired) electrons. The number of rotatable bonds is 8. The molecule has 0 bridgehead atoms. The Morgan fingerprint density at radius 1 is 1.07 bits per heavy atom. The summed E-state index contributed by atoms with van der Waals surface area (Å²) in [5.74, 6) is 0.146. The summed E-state index contributed by atoms with van der Waals surface area (Å²) in [5.41, 5.74) is 6.40. The van der Waals surface area contributed by atoms with Crippen molar-refractivity contribution in [3.8, 4) is 0 Å². The first-order chi connectivity index (χ1) is 19.7. The Balaban J connectivity index is 1.76. The lowest BCUT2D eigenvalue weighted by Gasteiger charge is -2.70. The highest BCUT2D eigenvalue weighted by molar-refractivity contribution is 5.73. The molecule has 11 atom stereocenters. The molecule has 4 aliphatic carbocycles. The number of carboxylic acid groups (broad SMARTS) is 1. The molecular formula is C37H65NO5. The molecule has 0 unspecified atom stereocenters. The molecule has 43 heavy (non-hydrogen) atoms. The van der Waals surface area contributed by atoms with Crippen molar-refractivity contribution >= 4 is 5.97 Å². The average molecular weight is 604 g/mol. The SMILES string of the molecule is CO[C@@H]1C[C@]2(CO)C3=CC[C@@]4(C)[C@H](C(=O)O)[C@@](C)([C@H](C)C(C)C)CC[C@]4(C)[C@H]3CC[C@H]2C(C)(C)[C@H]1OC[C@@H](N)C(C)(C)C. The normalized spacial score (nSPS) is 44.1. The van der Waals surface area contributed by atoms with E-state index >= 15 is 0 Å². The molecule has 0 heterocycles. The minimum Gasteiger partial charge on any atom is -0.481 e. The van der Waals surface area contributed by atoms with Crippen molar-refractivity contribution in [2.45, 2.75) is 133 Å². The first-order valence-electron chi connectivity index (χ1n) is 17.1. The van der Waals surface area contributed by atoms with Crippen molar-refractivity contribution in [3.05, 3.63) is 11.6 Å². The van der Waals surface area contributed by atoms with Crippen molar-refractivity contribution in [1.82, 2.24) is 0 Å². The van der Waals surface area contributed by atoms with Gasteiger partial charge in [0.1, 0.15) is 0 Å². The fraction of sp³-hybridized carbons (Fsp3) is 0.919. The summed E-state index contributed by atoms with van der Waals surface area (Å²) in [6.07, 6.45) is 7.50. The molecule has 6 heteroatoms. The number of allylic oxidation sites excluding steroid dienone is 1. The highest BCUT2D eigenvalue weighted by Crippen LogP contribution is 2.74. The first-order valence-corrected chi connectivity index (χ1v) is 17.1. The summed E-state index contributed by atoms with van der Waals surface area (Å²) < 4.78 is 12.9. The molecule has 3 fully saturated rings. The largest absolute Gasteiger partial charge is 0.481 e. The van der Waals surface area contributed by atoms with Crippen molar-refractivity contribution in [3.63, 3.8) is 0 Å². The Labute approximate surface area is 262 Å². The van der Waals surface area contributed by atoms with Gasteiger partial charge in [-0.2, -0.15) is 0 Å². The van der Waals surface area contributed by atoms with E-state index in [1.807, 2.05) is 0 Å². The number of methoxy groups -OCH3 is 1. The van der Waals surface area contributed by atoms with E-state index in [-0.39, 0.29) is 63.8 Å². The predicted molar refractivity (Wildman–Crippen MR) is 173 cm³/mol. The molecule has 4 aliphatic rings. The summed E-state index contributed by atoms with van der Waals surface area (Å²) in [6, 6.07) is -0.0858. The number of carbonyl (C=O) groups is 1. The topological polar surface area (TPSA) is 102 Å². The van der Waals surface area contributed by atoms with Gasteiger partial charge in [0, 0.05) is 18.6 Å². The zero-order valence-corrected chi connectivity index (χ0v) is 29.5. The van der Waals surface area contributed by atoms with Crippen LogP contribution in [0.15, 0.2) is 11.6 Å². The van der Waals surface area contributed by atoms with Gasteiger partial charge in [0.15, 0.2) is 0 Å². The third-order valence-electron chi connectivity index (χ3n) is 14.6. The molecule has 0 amide bonds. The maximum atomic E-state index is 13.3. The highest BCUT2D eigenvalue weighted by atomic mass is 16.5. The van der Waals surface area contributed by atoms with Crippen LogP contribution < -0.4 is 5.73 Å². The highest BCUT2D eigenvalue weighted by Gasteiger charge is 2.70. The number of carboxylic acids is 1. The van der Waals surface area contributed by atoms with Crippen LogP contribution in [0.2, 0.25) is 0 Å². The molecular weight excluding hydrogens is 538 g/mol. The molecule has 0 spiro atoms. The number of hydrogen-bond donors (Lipinski definition) is 3. The van der Waals surface area contributed by atoms with Gasteiger partial charge in [0.25, 0.3) is 0 Å². The average Bonchev–Trinajstić information content (AvgIpc) is 2.91. The number of aliphatic hydroxyl groups excluding tert-OH is 1. The van der Waals surface area contributed by atoms with E-state index < -0.39 is 17.3 Å². The third kappa shape index (κ3) is 5.08. The maximum Gasteiger partial charge on any atom is 0.307 e. The zero-order chi connectivity index (χ0) is 32.6. The van der Waals surface area contributed by atoms with E-state index in [4.69, 9.17) is 15.2 Å².